The maximum atomic E-state index is 11.5. The van der Waals surface area contributed by atoms with Gasteiger partial charge in [0.1, 0.15) is 5.65 Å². The monoisotopic (exact) mass is 351 g/mol. The lowest BCUT2D eigenvalue weighted by Crippen LogP contribution is -2.51. The molecule has 0 saturated carbocycles. The van der Waals surface area contributed by atoms with Crippen molar-refractivity contribution < 1.29 is 4.79 Å². The zero-order valence-corrected chi connectivity index (χ0v) is 16.5. The number of amides is 1. The highest BCUT2D eigenvalue weighted by molar-refractivity contribution is 6.82. The molecule has 0 spiro atoms. The van der Waals surface area contributed by atoms with Gasteiger partial charge in [-0.3, -0.25) is 4.79 Å². The number of fused-ring (bicyclic) bond motifs is 1. The lowest BCUT2D eigenvalue weighted by Gasteiger charge is -2.44. The summed E-state index contributed by atoms with van der Waals surface area (Å²) in [6.45, 7) is 13.8. The molecule has 0 fully saturated rings. The molecule has 0 bridgehead atoms. The van der Waals surface area contributed by atoms with Crippen molar-refractivity contribution in [3.8, 4) is 0 Å². The molecule has 0 saturated heterocycles. The molecule has 0 atom stereocenters. The fraction of sp³-hybridized carbons (Fsp3) is 0.529. The molecule has 2 heterocycles. The molecule has 2 aromatic rings. The van der Waals surface area contributed by atoms with Crippen LogP contribution in [0.5, 0.6) is 0 Å². The minimum atomic E-state index is -1.90. The Balaban J connectivity index is 2.81. The molecule has 0 aliphatic heterocycles. The predicted molar refractivity (Wildman–Crippen MR) is 99.7 cm³/mol. The molecule has 0 aliphatic carbocycles. The van der Waals surface area contributed by atoms with E-state index >= 15 is 0 Å². The van der Waals surface area contributed by atoms with Gasteiger partial charge in [-0.05, 0) is 28.9 Å². The quantitative estimate of drug-likeness (QED) is 0.785. The fourth-order valence-electron chi connectivity index (χ4n) is 4.37. The smallest absolute Gasteiger partial charge is 0.251 e. The second-order valence-corrected chi connectivity index (χ2v) is 13.2. The van der Waals surface area contributed by atoms with Gasteiger partial charge in [-0.25, -0.2) is 4.98 Å². The second kappa shape index (κ2) is 6.28. The number of carbonyl (C=O) groups excluding carboxylic acids is 1. The minimum Gasteiger partial charge on any atom is -0.366 e. The number of carbonyl (C=O) groups is 1. The Hall–Kier alpha value is -1.33. The molecule has 0 aromatic carbocycles. The first-order valence-electron chi connectivity index (χ1n) is 8.11. The summed E-state index contributed by atoms with van der Waals surface area (Å²) in [5.41, 5.74) is 8.18. The van der Waals surface area contributed by atoms with E-state index < -0.39 is 14.1 Å². The summed E-state index contributed by atoms with van der Waals surface area (Å²) in [6.07, 6.45) is 3.60. The number of halogens is 1. The molecular formula is C17H26ClN3OSi. The largest absolute Gasteiger partial charge is 0.366 e. The van der Waals surface area contributed by atoms with Crippen LogP contribution in [-0.4, -0.2) is 23.4 Å². The van der Waals surface area contributed by atoms with Gasteiger partial charge in [-0.1, -0.05) is 53.1 Å². The van der Waals surface area contributed by atoms with Gasteiger partial charge < -0.3 is 9.97 Å². The lowest BCUT2D eigenvalue weighted by atomic mass is 10.2. The van der Waals surface area contributed by atoms with Gasteiger partial charge in [0.25, 0.3) is 5.91 Å². The second-order valence-electron chi connectivity index (χ2n) is 7.12. The van der Waals surface area contributed by atoms with Crippen molar-refractivity contribution >= 4 is 36.8 Å². The Morgan fingerprint density at radius 3 is 2.13 bits per heavy atom. The Kier molecular flexibility index (Phi) is 4.92. The van der Waals surface area contributed by atoms with Crippen LogP contribution in [0.15, 0.2) is 18.5 Å². The third-order valence-electron chi connectivity index (χ3n) is 5.11. The number of hydrogen-bond acceptors (Lipinski definition) is 2. The first kappa shape index (κ1) is 18.0. The van der Waals surface area contributed by atoms with E-state index in [1.807, 2.05) is 6.07 Å². The minimum absolute atomic E-state index is 0.280. The van der Waals surface area contributed by atoms with Crippen LogP contribution in [0.4, 0.5) is 0 Å². The van der Waals surface area contributed by atoms with Crippen molar-refractivity contribution in [2.75, 3.05) is 0 Å². The van der Waals surface area contributed by atoms with Crippen LogP contribution in [0.3, 0.4) is 0 Å². The summed E-state index contributed by atoms with van der Waals surface area (Å²) < 4.78 is 2.37. The van der Waals surface area contributed by atoms with Gasteiger partial charge in [0.15, 0.2) is 8.24 Å². The molecule has 1 amide bonds. The molecule has 23 heavy (non-hydrogen) atoms. The molecule has 126 valence electrons. The van der Waals surface area contributed by atoms with Crippen LogP contribution in [0.1, 0.15) is 51.9 Å². The van der Waals surface area contributed by atoms with Crippen LogP contribution < -0.4 is 5.73 Å². The van der Waals surface area contributed by atoms with E-state index in [-0.39, 0.29) is 5.56 Å². The van der Waals surface area contributed by atoms with Crippen molar-refractivity contribution in [3.05, 3.63) is 29.0 Å². The van der Waals surface area contributed by atoms with E-state index in [0.717, 1.165) is 11.0 Å². The average molecular weight is 352 g/mol. The van der Waals surface area contributed by atoms with Crippen LogP contribution in [0.2, 0.25) is 21.6 Å². The molecule has 0 unspecified atom stereocenters. The van der Waals surface area contributed by atoms with E-state index in [4.69, 9.17) is 17.3 Å². The summed E-state index contributed by atoms with van der Waals surface area (Å²) in [7, 11) is -1.90. The van der Waals surface area contributed by atoms with E-state index in [1.54, 1.807) is 0 Å². The predicted octanol–water partition coefficient (Wildman–Crippen LogP) is 4.81. The standard InChI is InChI=1S/C17H26ClN3OSi/c1-10(2)23(11(3)4,12(5)6)21-8-7-13-15(18)14(16(19)22)9-20-17(13)21/h7-12H,1-6H3,(H2,19,22). The van der Waals surface area contributed by atoms with Crippen LogP contribution in [0.25, 0.3) is 11.0 Å². The van der Waals surface area contributed by atoms with Gasteiger partial charge in [0.2, 0.25) is 0 Å². The molecule has 0 radical (unpaired) electrons. The van der Waals surface area contributed by atoms with Crippen molar-refractivity contribution in [1.29, 1.82) is 0 Å². The molecule has 2 aromatic heterocycles. The molecular weight excluding hydrogens is 326 g/mol. The zero-order valence-electron chi connectivity index (χ0n) is 14.7. The number of nitrogens with two attached hydrogens (primary N) is 1. The topological polar surface area (TPSA) is 60.9 Å². The van der Waals surface area contributed by atoms with Crippen molar-refractivity contribution in [2.45, 2.75) is 58.2 Å². The summed E-state index contributed by atoms with van der Waals surface area (Å²) in [4.78, 5) is 16.0. The van der Waals surface area contributed by atoms with E-state index in [0.29, 0.717) is 21.6 Å². The number of aromatic nitrogens is 2. The van der Waals surface area contributed by atoms with E-state index in [9.17, 15) is 4.79 Å². The number of primary amides is 1. The fourth-order valence-corrected chi connectivity index (χ4v) is 11.2. The van der Waals surface area contributed by atoms with Gasteiger partial charge in [0.05, 0.1) is 10.6 Å². The summed E-state index contributed by atoms with van der Waals surface area (Å²) in [5, 5.41) is 1.21. The van der Waals surface area contributed by atoms with E-state index in [1.165, 1.54) is 6.20 Å². The van der Waals surface area contributed by atoms with Crippen LogP contribution in [-0.2, 0) is 0 Å². The maximum Gasteiger partial charge on any atom is 0.251 e. The molecule has 6 heteroatoms. The highest BCUT2D eigenvalue weighted by Crippen LogP contribution is 2.44. The summed E-state index contributed by atoms with van der Waals surface area (Å²) in [5.74, 6) is -0.544. The molecule has 4 nitrogen and oxygen atoms in total. The summed E-state index contributed by atoms with van der Waals surface area (Å²) >= 11 is 6.40. The SMILES string of the molecule is CC(C)[Si](C(C)C)(C(C)C)n1ccc2c(Cl)c(C(N)=O)cnc21. The van der Waals surface area contributed by atoms with Gasteiger partial charge in [-0.15, -0.1) is 0 Å². The first-order valence-corrected chi connectivity index (χ1v) is 10.7. The van der Waals surface area contributed by atoms with Crippen molar-refractivity contribution in [2.24, 2.45) is 5.73 Å². The number of rotatable bonds is 5. The van der Waals surface area contributed by atoms with Gasteiger partial charge in [0, 0.05) is 11.6 Å². The number of pyridine rings is 1. The lowest BCUT2D eigenvalue weighted by molar-refractivity contribution is 0.100. The number of nitrogens with zero attached hydrogens (tertiary/aromatic N) is 2. The Labute approximate surface area is 144 Å². The van der Waals surface area contributed by atoms with Crippen molar-refractivity contribution in [3.63, 3.8) is 0 Å². The van der Waals surface area contributed by atoms with Gasteiger partial charge >= 0.3 is 0 Å². The molecule has 2 rings (SSSR count). The highest BCUT2D eigenvalue weighted by Gasteiger charge is 2.46. The van der Waals surface area contributed by atoms with Crippen LogP contribution >= 0.6 is 11.6 Å². The van der Waals surface area contributed by atoms with E-state index in [2.05, 4.69) is 57.0 Å². The normalized spacial score (nSPS) is 12.8. The molecule has 0 aliphatic rings. The van der Waals surface area contributed by atoms with Gasteiger partial charge in [-0.2, -0.15) is 0 Å². The zero-order chi connectivity index (χ0) is 17.5. The first-order chi connectivity index (χ1) is 10.7. The summed E-state index contributed by atoms with van der Waals surface area (Å²) in [6, 6.07) is 1.96. The Morgan fingerprint density at radius 1 is 1.17 bits per heavy atom. The third kappa shape index (κ3) is 2.60. The molecule has 2 N–H and O–H groups in total. The third-order valence-corrected chi connectivity index (χ3v) is 12.3. The maximum absolute atomic E-state index is 11.5. The average Bonchev–Trinajstić information content (AvgIpc) is 2.83. The van der Waals surface area contributed by atoms with Crippen molar-refractivity contribution in [1.82, 2.24) is 9.22 Å². The highest BCUT2D eigenvalue weighted by atomic mass is 35.5. The number of hydrogen-bond donors (Lipinski definition) is 1. The van der Waals surface area contributed by atoms with Crippen LogP contribution in [0, 0.1) is 0 Å². The Morgan fingerprint density at radius 2 is 1.70 bits per heavy atom. The Bertz CT molecular complexity index is 715.